The molecule has 0 radical (unpaired) electrons. The number of nitrogens with one attached hydrogen (secondary N) is 1. The molecule has 0 aliphatic rings. The molecule has 2 nitrogen and oxygen atoms in total. The summed E-state index contributed by atoms with van der Waals surface area (Å²) in [6.45, 7) is 4.62. The number of rotatable bonds is 29. The van der Waals surface area contributed by atoms with E-state index in [1.54, 1.807) is 0 Å². The summed E-state index contributed by atoms with van der Waals surface area (Å²) < 4.78 is 2.50. The standard InChI is InChI=1S/C39H68N2/c1-3-5-7-9-11-12-13-14-15-16-17-18-19-21-22-27-31-38(35-37-29-25-24-26-30-37)39(41-34-33-40-36-41)32-28-23-20-10-8-6-4-2/h24-26,29-30,33-34,36,38-39H,3-23,27-28,31-32,35H2,1-2H3/p+1. The lowest BCUT2D eigenvalue weighted by molar-refractivity contribution is -0.730. The molecule has 0 fully saturated rings. The summed E-state index contributed by atoms with van der Waals surface area (Å²) in [6, 6.07) is 11.9. The summed E-state index contributed by atoms with van der Waals surface area (Å²) >= 11 is 0. The summed E-state index contributed by atoms with van der Waals surface area (Å²) in [6.07, 6.45) is 43.3. The quantitative estimate of drug-likeness (QED) is 0.0747. The molecular formula is C39H69N2+. The number of hydrogen-bond acceptors (Lipinski definition) is 0. The van der Waals surface area contributed by atoms with E-state index in [1.807, 2.05) is 0 Å². The van der Waals surface area contributed by atoms with Crippen molar-refractivity contribution < 1.29 is 4.57 Å². The van der Waals surface area contributed by atoms with Crippen molar-refractivity contribution in [2.45, 2.75) is 187 Å². The lowest BCUT2D eigenvalue weighted by Crippen LogP contribution is -2.42. The largest absolute Gasteiger partial charge is 0.250 e. The van der Waals surface area contributed by atoms with E-state index in [2.05, 4.69) is 72.5 Å². The molecule has 0 amide bonds. The van der Waals surface area contributed by atoms with E-state index in [1.165, 1.54) is 173 Å². The zero-order valence-corrected chi connectivity index (χ0v) is 27.6. The van der Waals surface area contributed by atoms with Gasteiger partial charge in [0.15, 0.2) is 0 Å². The van der Waals surface area contributed by atoms with Crippen LogP contribution in [0, 0.1) is 5.92 Å². The molecule has 2 rings (SSSR count). The number of unbranched alkanes of at least 4 members (excludes halogenated alkanes) is 21. The highest BCUT2D eigenvalue weighted by atomic mass is 15.1. The van der Waals surface area contributed by atoms with Crippen molar-refractivity contribution in [3.05, 3.63) is 54.6 Å². The minimum Gasteiger partial charge on any atom is -0.250 e. The van der Waals surface area contributed by atoms with E-state index in [9.17, 15) is 0 Å². The van der Waals surface area contributed by atoms with Crippen molar-refractivity contribution in [3.63, 3.8) is 0 Å². The fourth-order valence-electron chi connectivity index (χ4n) is 6.75. The van der Waals surface area contributed by atoms with Crippen molar-refractivity contribution in [3.8, 4) is 0 Å². The second kappa shape index (κ2) is 26.1. The first-order valence-electron chi connectivity index (χ1n) is 18.4. The minimum absolute atomic E-state index is 0.605. The maximum atomic E-state index is 3.34. The third-order valence-corrected chi connectivity index (χ3v) is 9.37. The smallest absolute Gasteiger partial charge is 0.241 e. The molecule has 234 valence electrons. The van der Waals surface area contributed by atoms with Gasteiger partial charge in [-0.3, -0.25) is 4.98 Å². The van der Waals surface area contributed by atoms with E-state index in [0.717, 1.165) is 0 Å². The van der Waals surface area contributed by atoms with Gasteiger partial charge in [-0.1, -0.05) is 185 Å². The number of H-pyrrole nitrogens is 1. The van der Waals surface area contributed by atoms with Crippen LogP contribution in [0.2, 0.25) is 0 Å². The molecule has 2 unspecified atom stereocenters. The fourth-order valence-corrected chi connectivity index (χ4v) is 6.75. The van der Waals surface area contributed by atoms with Crippen molar-refractivity contribution >= 4 is 0 Å². The van der Waals surface area contributed by atoms with Gasteiger partial charge in [-0.15, -0.1) is 0 Å². The van der Waals surface area contributed by atoms with Gasteiger partial charge in [0, 0.05) is 5.92 Å². The SMILES string of the molecule is CCCCCCCCCCCCCCCCCCC(Cc1ccccc1)C(CCCCCCCCC)[n+]1cc[nH]c1. The van der Waals surface area contributed by atoms with E-state index in [0.29, 0.717) is 12.0 Å². The summed E-state index contributed by atoms with van der Waals surface area (Å²) in [4.78, 5) is 3.34. The third-order valence-electron chi connectivity index (χ3n) is 9.37. The van der Waals surface area contributed by atoms with Crippen LogP contribution in [0.25, 0.3) is 0 Å². The van der Waals surface area contributed by atoms with Gasteiger partial charge >= 0.3 is 0 Å². The molecule has 0 saturated heterocycles. The summed E-state index contributed by atoms with van der Waals surface area (Å²) in [7, 11) is 0. The summed E-state index contributed by atoms with van der Waals surface area (Å²) in [5.74, 6) is 0.713. The topological polar surface area (TPSA) is 19.7 Å². The Hall–Kier alpha value is -1.57. The van der Waals surface area contributed by atoms with Crippen LogP contribution in [0.5, 0.6) is 0 Å². The predicted octanol–water partition coefficient (Wildman–Crippen LogP) is 12.5. The predicted molar refractivity (Wildman–Crippen MR) is 180 cm³/mol. The molecule has 1 N–H and O–H groups in total. The van der Waals surface area contributed by atoms with Crippen LogP contribution in [-0.2, 0) is 6.42 Å². The molecular weight excluding hydrogens is 496 g/mol. The van der Waals surface area contributed by atoms with E-state index in [4.69, 9.17) is 0 Å². The van der Waals surface area contributed by atoms with Crippen molar-refractivity contribution in [2.75, 3.05) is 0 Å². The highest BCUT2D eigenvalue weighted by molar-refractivity contribution is 5.15. The van der Waals surface area contributed by atoms with Crippen LogP contribution in [0.4, 0.5) is 0 Å². The second-order valence-electron chi connectivity index (χ2n) is 13.1. The molecule has 1 aromatic carbocycles. The lowest BCUT2D eigenvalue weighted by Gasteiger charge is -2.25. The molecule has 2 heteroatoms. The Labute approximate surface area is 256 Å². The Balaban J connectivity index is 1.66. The Morgan fingerprint density at radius 1 is 0.537 bits per heavy atom. The van der Waals surface area contributed by atoms with Gasteiger partial charge in [0.1, 0.15) is 18.4 Å². The average Bonchev–Trinajstić information content (AvgIpc) is 3.53. The van der Waals surface area contributed by atoms with Crippen LogP contribution >= 0.6 is 0 Å². The molecule has 0 bridgehead atoms. The zero-order chi connectivity index (χ0) is 29.1. The van der Waals surface area contributed by atoms with E-state index in [-0.39, 0.29) is 0 Å². The van der Waals surface area contributed by atoms with Crippen LogP contribution in [0.3, 0.4) is 0 Å². The molecule has 0 saturated carbocycles. The monoisotopic (exact) mass is 566 g/mol. The number of nitrogens with zero attached hydrogens (tertiary/aromatic N) is 1. The first-order chi connectivity index (χ1) is 20.3. The number of imidazole rings is 1. The molecule has 2 aromatic rings. The van der Waals surface area contributed by atoms with Gasteiger partial charge in [-0.2, -0.15) is 0 Å². The molecule has 1 aromatic heterocycles. The average molecular weight is 566 g/mol. The first-order valence-corrected chi connectivity index (χ1v) is 18.4. The van der Waals surface area contributed by atoms with Gasteiger partial charge in [0.25, 0.3) is 0 Å². The van der Waals surface area contributed by atoms with Crippen LogP contribution in [-0.4, -0.2) is 4.98 Å². The van der Waals surface area contributed by atoms with Gasteiger partial charge in [-0.05, 0) is 31.2 Å². The third kappa shape index (κ3) is 18.6. The molecule has 2 atom stereocenters. The number of benzene rings is 1. The van der Waals surface area contributed by atoms with Crippen molar-refractivity contribution in [1.82, 2.24) is 4.98 Å². The number of aromatic nitrogens is 2. The highest BCUT2D eigenvalue weighted by Gasteiger charge is 2.26. The van der Waals surface area contributed by atoms with Gasteiger partial charge < -0.3 is 0 Å². The second-order valence-corrected chi connectivity index (χ2v) is 13.1. The maximum Gasteiger partial charge on any atom is 0.241 e. The normalized spacial score (nSPS) is 13.0. The number of aromatic amines is 1. The van der Waals surface area contributed by atoms with Gasteiger partial charge in [0.05, 0.1) is 0 Å². The fraction of sp³-hybridized carbons (Fsp3) is 0.769. The molecule has 0 aliphatic carbocycles. The Bertz CT molecular complexity index is 768. The summed E-state index contributed by atoms with van der Waals surface area (Å²) in [5.41, 5.74) is 1.51. The molecule has 41 heavy (non-hydrogen) atoms. The van der Waals surface area contributed by atoms with E-state index < -0.39 is 0 Å². The summed E-state index contributed by atoms with van der Waals surface area (Å²) in [5, 5.41) is 0. The zero-order valence-electron chi connectivity index (χ0n) is 27.6. The molecule has 1 heterocycles. The number of hydrogen-bond donors (Lipinski definition) is 1. The molecule has 0 spiro atoms. The Morgan fingerprint density at radius 3 is 1.41 bits per heavy atom. The van der Waals surface area contributed by atoms with Crippen LogP contribution in [0.1, 0.15) is 186 Å². The minimum atomic E-state index is 0.605. The van der Waals surface area contributed by atoms with Gasteiger partial charge in [-0.25, -0.2) is 4.57 Å². The Morgan fingerprint density at radius 2 is 0.976 bits per heavy atom. The molecule has 0 aliphatic heterocycles. The van der Waals surface area contributed by atoms with Crippen molar-refractivity contribution in [2.24, 2.45) is 5.92 Å². The van der Waals surface area contributed by atoms with Crippen molar-refractivity contribution in [1.29, 1.82) is 0 Å². The van der Waals surface area contributed by atoms with Crippen LogP contribution < -0.4 is 4.57 Å². The first kappa shape index (κ1) is 35.6. The highest BCUT2D eigenvalue weighted by Crippen LogP contribution is 2.29. The van der Waals surface area contributed by atoms with Crippen LogP contribution in [0.15, 0.2) is 49.1 Å². The Kier molecular flexibility index (Phi) is 22.7. The maximum absolute atomic E-state index is 3.34. The van der Waals surface area contributed by atoms with E-state index >= 15 is 0 Å². The lowest BCUT2D eigenvalue weighted by atomic mass is 9.84. The van der Waals surface area contributed by atoms with Gasteiger partial charge in [0.2, 0.25) is 6.33 Å².